The molecule has 0 spiro atoms. The van der Waals surface area contributed by atoms with Crippen LogP contribution in [0.1, 0.15) is 23.8 Å². The summed E-state index contributed by atoms with van der Waals surface area (Å²) in [5.74, 6) is -0.134. The maximum atomic E-state index is 11.9. The fourth-order valence-corrected chi connectivity index (χ4v) is 1.79. The van der Waals surface area contributed by atoms with Crippen LogP contribution in [0.3, 0.4) is 0 Å². The van der Waals surface area contributed by atoms with Crippen LogP contribution in [0.4, 0.5) is 0 Å². The molecule has 0 aliphatic heterocycles. The number of para-hydroxylation sites is 1. The zero-order chi connectivity index (χ0) is 12.8. The van der Waals surface area contributed by atoms with Gasteiger partial charge in [-0.25, -0.2) is 0 Å². The van der Waals surface area contributed by atoms with Gasteiger partial charge in [0.1, 0.15) is 0 Å². The number of carbonyl (C=O) groups is 1. The molecule has 1 amide bonds. The summed E-state index contributed by atoms with van der Waals surface area (Å²) in [5.41, 5.74) is 1.34. The van der Waals surface area contributed by atoms with E-state index in [-0.39, 0.29) is 5.91 Å². The Hall–Kier alpha value is -1.88. The zero-order valence-corrected chi connectivity index (χ0v) is 10.5. The molecule has 0 bridgehead atoms. The lowest BCUT2D eigenvalue weighted by Gasteiger charge is -2.04. The van der Waals surface area contributed by atoms with Gasteiger partial charge in [0.25, 0.3) is 5.91 Å². The van der Waals surface area contributed by atoms with Crippen LogP contribution in [-0.2, 0) is 0 Å². The summed E-state index contributed by atoms with van der Waals surface area (Å²) in [4.78, 5) is 11.9. The van der Waals surface area contributed by atoms with E-state index < -0.39 is 0 Å². The fraction of sp³-hybridized carbons (Fsp3) is 0.385. The zero-order valence-electron chi connectivity index (χ0n) is 10.5. The van der Waals surface area contributed by atoms with Crippen molar-refractivity contribution in [3.63, 3.8) is 0 Å². The second kappa shape index (κ2) is 6.16. The van der Waals surface area contributed by atoms with E-state index in [9.17, 15) is 4.79 Å². The molecule has 0 unspecified atom stereocenters. The van der Waals surface area contributed by atoms with E-state index in [1.807, 2.05) is 24.3 Å². The van der Waals surface area contributed by atoms with Gasteiger partial charge in [-0.2, -0.15) is 5.10 Å². The molecule has 0 radical (unpaired) electrons. The van der Waals surface area contributed by atoms with Crippen LogP contribution in [0.2, 0.25) is 0 Å². The molecule has 96 valence electrons. The Balaban J connectivity index is 1.93. The van der Waals surface area contributed by atoms with Gasteiger partial charge in [-0.1, -0.05) is 25.1 Å². The molecule has 0 aliphatic rings. The lowest BCUT2D eigenvalue weighted by molar-refractivity contribution is 0.0950. The molecule has 0 saturated heterocycles. The Kier molecular flexibility index (Phi) is 4.30. The molecule has 1 aromatic carbocycles. The summed E-state index contributed by atoms with van der Waals surface area (Å²) in [6.45, 7) is 4.48. The van der Waals surface area contributed by atoms with Gasteiger partial charge in [0.2, 0.25) is 0 Å². The number of nitrogens with one attached hydrogen (secondary N) is 3. The number of fused-ring (bicyclic) bond motifs is 1. The first-order valence-electron chi connectivity index (χ1n) is 6.25. The number of hydrogen-bond donors (Lipinski definition) is 3. The van der Waals surface area contributed by atoms with Crippen molar-refractivity contribution >= 4 is 16.8 Å². The number of nitrogens with zero attached hydrogens (tertiary/aromatic N) is 1. The van der Waals surface area contributed by atoms with E-state index in [0.29, 0.717) is 12.2 Å². The molecule has 1 aromatic heterocycles. The number of H-pyrrole nitrogens is 1. The fourth-order valence-electron chi connectivity index (χ4n) is 1.79. The van der Waals surface area contributed by atoms with Crippen molar-refractivity contribution in [3.05, 3.63) is 30.0 Å². The Labute approximate surface area is 106 Å². The third-order valence-electron chi connectivity index (χ3n) is 2.70. The Morgan fingerprint density at radius 3 is 2.94 bits per heavy atom. The molecule has 0 atom stereocenters. The molecule has 5 heteroatoms. The Morgan fingerprint density at radius 1 is 1.28 bits per heavy atom. The molecule has 0 saturated carbocycles. The second-order valence-corrected chi connectivity index (χ2v) is 4.12. The van der Waals surface area contributed by atoms with E-state index in [4.69, 9.17) is 0 Å². The number of hydrogen-bond acceptors (Lipinski definition) is 3. The highest BCUT2D eigenvalue weighted by Crippen LogP contribution is 2.14. The quantitative estimate of drug-likeness (QED) is 0.673. The van der Waals surface area contributed by atoms with Gasteiger partial charge in [0.05, 0.1) is 5.52 Å². The largest absolute Gasteiger partial charge is 0.349 e. The molecule has 5 nitrogen and oxygen atoms in total. The third kappa shape index (κ3) is 2.87. The maximum absolute atomic E-state index is 11.9. The first-order valence-corrected chi connectivity index (χ1v) is 6.25. The summed E-state index contributed by atoms with van der Waals surface area (Å²) >= 11 is 0. The van der Waals surface area contributed by atoms with Crippen molar-refractivity contribution < 1.29 is 4.79 Å². The topological polar surface area (TPSA) is 69.8 Å². The minimum atomic E-state index is -0.134. The van der Waals surface area contributed by atoms with Crippen LogP contribution in [0.15, 0.2) is 24.3 Å². The maximum Gasteiger partial charge on any atom is 0.272 e. The molecule has 1 heterocycles. The third-order valence-corrected chi connectivity index (χ3v) is 2.70. The monoisotopic (exact) mass is 246 g/mol. The molecular weight excluding hydrogens is 228 g/mol. The van der Waals surface area contributed by atoms with E-state index in [0.717, 1.165) is 30.4 Å². The van der Waals surface area contributed by atoms with Gasteiger partial charge in [0.15, 0.2) is 5.69 Å². The smallest absolute Gasteiger partial charge is 0.272 e. The number of carbonyl (C=O) groups excluding carboxylic acids is 1. The molecule has 0 fully saturated rings. The van der Waals surface area contributed by atoms with Gasteiger partial charge in [0, 0.05) is 18.5 Å². The predicted molar refractivity (Wildman–Crippen MR) is 71.6 cm³/mol. The second-order valence-electron chi connectivity index (χ2n) is 4.12. The van der Waals surface area contributed by atoms with Gasteiger partial charge in [-0.15, -0.1) is 0 Å². The van der Waals surface area contributed by atoms with Crippen molar-refractivity contribution in [2.45, 2.75) is 13.3 Å². The molecule has 0 aliphatic carbocycles. The summed E-state index contributed by atoms with van der Waals surface area (Å²) < 4.78 is 0. The molecular formula is C13H18N4O. The van der Waals surface area contributed by atoms with Gasteiger partial charge in [-0.05, 0) is 19.0 Å². The van der Waals surface area contributed by atoms with E-state index in [1.54, 1.807) is 0 Å². The van der Waals surface area contributed by atoms with Crippen LogP contribution in [-0.4, -0.2) is 35.7 Å². The van der Waals surface area contributed by atoms with Crippen LogP contribution < -0.4 is 10.6 Å². The molecule has 18 heavy (non-hydrogen) atoms. The van der Waals surface area contributed by atoms with Crippen molar-refractivity contribution in [1.82, 2.24) is 20.8 Å². The lowest BCUT2D eigenvalue weighted by atomic mass is 10.2. The van der Waals surface area contributed by atoms with Gasteiger partial charge < -0.3 is 10.6 Å². The number of aromatic nitrogens is 2. The number of aromatic amines is 1. The highest BCUT2D eigenvalue weighted by Gasteiger charge is 2.12. The molecule has 2 rings (SSSR count). The van der Waals surface area contributed by atoms with Crippen LogP contribution in [0, 0.1) is 0 Å². The summed E-state index contributed by atoms with van der Waals surface area (Å²) in [5, 5.41) is 13.8. The van der Waals surface area contributed by atoms with E-state index in [2.05, 4.69) is 27.8 Å². The van der Waals surface area contributed by atoms with Gasteiger partial charge >= 0.3 is 0 Å². The highest BCUT2D eigenvalue weighted by molar-refractivity contribution is 6.04. The Bertz CT molecular complexity index is 520. The van der Waals surface area contributed by atoms with E-state index in [1.165, 1.54) is 0 Å². The van der Waals surface area contributed by atoms with Crippen LogP contribution >= 0.6 is 0 Å². The number of amides is 1. The average Bonchev–Trinajstić information content (AvgIpc) is 2.82. The van der Waals surface area contributed by atoms with Crippen molar-refractivity contribution in [2.75, 3.05) is 19.6 Å². The average molecular weight is 246 g/mol. The SMILES string of the molecule is CCCNCCNC(=O)c1n[nH]c2ccccc12. The summed E-state index contributed by atoms with van der Waals surface area (Å²) in [6.07, 6.45) is 1.10. The van der Waals surface area contributed by atoms with Crippen LogP contribution in [0.25, 0.3) is 10.9 Å². The number of rotatable bonds is 6. The normalized spacial score (nSPS) is 10.7. The van der Waals surface area contributed by atoms with Crippen molar-refractivity contribution in [3.8, 4) is 0 Å². The first kappa shape index (κ1) is 12.6. The minimum Gasteiger partial charge on any atom is -0.349 e. The predicted octanol–water partition coefficient (Wildman–Crippen LogP) is 1.29. The number of benzene rings is 1. The summed E-state index contributed by atoms with van der Waals surface area (Å²) in [7, 11) is 0. The molecule has 2 aromatic rings. The molecule has 3 N–H and O–H groups in total. The van der Waals surface area contributed by atoms with Crippen LogP contribution in [0.5, 0.6) is 0 Å². The highest BCUT2D eigenvalue weighted by atomic mass is 16.1. The minimum absolute atomic E-state index is 0.134. The van der Waals surface area contributed by atoms with Crippen molar-refractivity contribution in [2.24, 2.45) is 0 Å². The van der Waals surface area contributed by atoms with Gasteiger partial charge in [-0.3, -0.25) is 9.89 Å². The van der Waals surface area contributed by atoms with Crippen molar-refractivity contribution in [1.29, 1.82) is 0 Å². The lowest BCUT2D eigenvalue weighted by Crippen LogP contribution is -2.32. The summed E-state index contributed by atoms with van der Waals surface area (Å²) in [6, 6.07) is 7.61. The Morgan fingerprint density at radius 2 is 2.11 bits per heavy atom. The first-order chi connectivity index (χ1) is 8.83. The van der Waals surface area contributed by atoms with E-state index >= 15 is 0 Å². The standard InChI is InChI=1S/C13H18N4O/c1-2-7-14-8-9-15-13(18)12-10-5-3-4-6-11(10)16-17-12/h3-6,14H,2,7-9H2,1H3,(H,15,18)(H,16,17).